The molecule has 0 radical (unpaired) electrons. The molecule has 1 amide bonds. The monoisotopic (exact) mass is 265 g/mol. The van der Waals surface area contributed by atoms with E-state index in [0.29, 0.717) is 6.42 Å². The topological polar surface area (TPSA) is 54.9 Å². The lowest BCUT2D eigenvalue weighted by molar-refractivity contribution is 0.0929. The normalized spacial score (nSPS) is 12.1. The van der Waals surface area contributed by atoms with Crippen LogP contribution in [0.1, 0.15) is 34.9 Å². The van der Waals surface area contributed by atoms with E-state index in [1.165, 1.54) is 29.5 Å². The Morgan fingerprint density at radius 2 is 2.39 bits per heavy atom. The van der Waals surface area contributed by atoms with E-state index in [1.807, 2.05) is 12.3 Å². The highest BCUT2D eigenvalue weighted by molar-refractivity contribution is 7.09. The molecule has 0 aliphatic carbocycles. The first-order chi connectivity index (χ1) is 8.70. The Bertz CT molecular complexity index is 530. The lowest BCUT2D eigenvalue weighted by Crippen LogP contribution is -2.28. The molecule has 0 aromatic carbocycles. The van der Waals surface area contributed by atoms with E-state index >= 15 is 0 Å². The van der Waals surface area contributed by atoms with Gasteiger partial charge in [-0.05, 0) is 18.6 Å². The predicted molar refractivity (Wildman–Crippen MR) is 66.8 cm³/mol. The Kier molecular flexibility index (Phi) is 3.99. The zero-order valence-electron chi connectivity index (χ0n) is 9.76. The number of aromatic nitrogens is 2. The van der Waals surface area contributed by atoms with Gasteiger partial charge in [0.1, 0.15) is 10.7 Å². The maximum Gasteiger partial charge on any atom is 0.270 e. The van der Waals surface area contributed by atoms with Crippen LogP contribution in [-0.4, -0.2) is 15.9 Å². The summed E-state index contributed by atoms with van der Waals surface area (Å²) < 4.78 is 12.9. The number of rotatable bonds is 4. The summed E-state index contributed by atoms with van der Waals surface area (Å²) in [6, 6.07) is 3.98. The van der Waals surface area contributed by atoms with Crippen LogP contribution < -0.4 is 5.32 Å². The molecule has 0 fully saturated rings. The number of nitrogens with one attached hydrogen (secondary N) is 1. The summed E-state index contributed by atoms with van der Waals surface area (Å²) in [7, 11) is 0. The Hall–Kier alpha value is -1.82. The van der Waals surface area contributed by atoms with Crippen molar-refractivity contribution in [1.29, 1.82) is 0 Å². The molecule has 1 N–H and O–H groups in total. The molecule has 1 unspecified atom stereocenters. The number of hydrogen-bond acceptors (Lipinski definition) is 4. The van der Waals surface area contributed by atoms with Crippen LogP contribution in [0.25, 0.3) is 0 Å². The zero-order chi connectivity index (χ0) is 13.0. The molecule has 18 heavy (non-hydrogen) atoms. The van der Waals surface area contributed by atoms with Gasteiger partial charge in [0.2, 0.25) is 5.95 Å². The van der Waals surface area contributed by atoms with Gasteiger partial charge in [0.15, 0.2) is 0 Å². The van der Waals surface area contributed by atoms with E-state index < -0.39 is 11.9 Å². The molecule has 2 rings (SSSR count). The van der Waals surface area contributed by atoms with Crippen molar-refractivity contribution in [3.05, 3.63) is 46.4 Å². The smallest absolute Gasteiger partial charge is 0.270 e. The third-order valence-corrected chi connectivity index (χ3v) is 3.30. The second-order valence-electron chi connectivity index (χ2n) is 3.65. The van der Waals surface area contributed by atoms with E-state index in [2.05, 4.69) is 15.3 Å². The average Bonchev–Trinajstić information content (AvgIpc) is 2.89. The summed E-state index contributed by atoms with van der Waals surface area (Å²) in [6.07, 6.45) is 2.41. The van der Waals surface area contributed by atoms with E-state index in [0.717, 1.165) is 5.01 Å². The number of hydrogen-bond donors (Lipinski definition) is 1. The molecule has 0 spiro atoms. The van der Waals surface area contributed by atoms with E-state index in [1.54, 1.807) is 6.20 Å². The average molecular weight is 265 g/mol. The SMILES string of the molecule is CCC(NC(=O)c1cccc(F)n1)c1nccs1. The molecule has 2 aromatic rings. The Balaban J connectivity index is 2.11. The molecule has 6 heteroatoms. The molecule has 0 bridgehead atoms. The van der Waals surface area contributed by atoms with Gasteiger partial charge >= 0.3 is 0 Å². The molecule has 2 aromatic heterocycles. The van der Waals surface area contributed by atoms with Crippen LogP contribution in [0.2, 0.25) is 0 Å². The summed E-state index contributed by atoms with van der Waals surface area (Å²) in [5.74, 6) is -1.05. The number of carbonyl (C=O) groups is 1. The van der Waals surface area contributed by atoms with Gasteiger partial charge < -0.3 is 5.32 Å². The van der Waals surface area contributed by atoms with Crippen molar-refractivity contribution < 1.29 is 9.18 Å². The number of halogens is 1. The van der Waals surface area contributed by atoms with Gasteiger partial charge in [0.05, 0.1) is 6.04 Å². The molecule has 2 heterocycles. The van der Waals surface area contributed by atoms with Crippen LogP contribution in [0.15, 0.2) is 29.8 Å². The molecule has 0 aliphatic heterocycles. The fourth-order valence-electron chi connectivity index (χ4n) is 1.51. The van der Waals surface area contributed by atoms with E-state index in [-0.39, 0.29) is 11.7 Å². The van der Waals surface area contributed by atoms with Crippen molar-refractivity contribution in [2.75, 3.05) is 0 Å². The second kappa shape index (κ2) is 5.68. The van der Waals surface area contributed by atoms with Crippen LogP contribution in [0.4, 0.5) is 4.39 Å². The highest BCUT2D eigenvalue weighted by Crippen LogP contribution is 2.19. The van der Waals surface area contributed by atoms with Crippen LogP contribution in [0.5, 0.6) is 0 Å². The van der Waals surface area contributed by atoms with Crippen LogP contribution in [-0.2, 0) is 0 Å². The Morgan fingerprint density at radius 3 is 3.00 bits per heavy atom. The first kappa shape index (κ1) is 12.6. The minimum Gasteiger partial charge on any atom is -0.341 e. The fourth-order valence-corrected chi connectivity index (χ4v) is 2.28. The van der Waals surface area contributed by atoms with Crippen molar-refractivity contribution in [3.8, 4) is 0 Å². The van der Waals surface area contributed by atoms with Gasteiger partial charge in [-0.3, -0.25) is 4.79 Å². The van der Waals surface area contributed by atoms with Crippen LogP contribution >= 0.6 is 11.3 Å². The number of thiazole rings is 1. The van der Waals surface area contributed by atoms with Gasteiger partial charge in [-0.25, -0.2) is 9.97 Å². The summed E-state index contributed by atoms with van der Waals surface area (Å²) >= 11 is 1.48. The number of nitrogens with zero attached hydrogens (tertiary/aromatic N) is 2. The van der Waals surface area contributed by atoms with Crippen molar-refractivity contribution in [3.63, 3.8) is 0 Å². The Labute approximate surface area is 108 Å². The van der Waals surface area contributed by atoms with Crippen molar-refractivity contribution in [1.82, 2.24) is 15.3 Å². The molecule has 0 saturated carbocycles. The number of pyridine rings is 1. The highest BCUT2D eigenvalue weighted by Gasteiger charge is 2.17. The molecule has 4 nitrogen and oxygen atoms in total. The quantitative estimate of drug-likeness (QED) is 0.864. The van der Waals surface area contributed by atoms with Crippen LogP contribution in [0.3, 0.4) is 0 Å². The zero-order valence-corrected chi connectivity index (χ0v) is 10.6. The standard InChI is InChI=1S/C12H12FN3OS/c1-2-8(12-14-6-7-18-12)16-11(17)9-4-3-5-10(13)15-9/h3-8H,2H2,1H3,(H,16,17). The van der Waals surface area contributed by atoms with Gasteiger partial charge in [0, 0.05) is 11.6 Å². The van der Waals surface area contributed by atoms with Gasteiger partial charge in [-0.15, -0.1) is 11.3 Å². The lowest BCUT2D eigenvalue weighted by atomic mass is 10.2. The summed E-state index contributed by atoms with van der Waals surface area (Å²) in [5, 5.41) is 5.48. The van der Waals surface area contributed by atoms with E-state index in [9.17, 15) is 9.18 Å². The minimum absolute atomic E-state index is 0.0741. The first-order valence-corrected chi connectivity index (χ1v) is 6.41. The van der Waals surface area contributed by atoms with Crippen molar-refractivity contribution >= 4 is 17.2 Å². The predicted octanol–water partition coefficient (Wildman–Crippen LogP) is 2.56. The summed E-state index contributed by atoms with van der Waals surface area (Å²) in [5.41, 5.74) is 0.0741. The second-order valence-corrected chi connectivity index (χ2v) is 4.58. The third-order valence-electron chi connectivity index (χ3n) is 2.41. The molecule has 0 saturated heterocycles. The summed E-state index contributed by atoms with van der Waals surface area (Å²) in [6.45, 7) is 1.95. The molecular weight excluding hydrogens is 253 g/mol. The van der Waals surface area contributed by atoms with Gasteiger partial charge in [-0.1, -0.05) is 13.0 Å². The van der Waals surface area contributed by atoms with Gasteiger partial charge in [-0.2, -0.15) is 4.39 Å². The third kappa shape index (κ3) is 2.89. The van der Waals surface area contributed by atoms with E-state index in [4.69, 9.17) is 0 Å². The first-order valence-electron chi connectivity index (χ1n) is 5.53. The highest BCUT2D eigenvalue weighted by atomic mass is 32.1. The molecular formula is C12H12FN3OS. The van der Waals surface area contributed by atoms with Gasteiger partial charge in [0.25, 0.3) is 5.91 Å². The van der Waals surface area contributed by atoms with Crippen molar-refractivity contribution in [2.45, 2.75) is 19.4 Å². The number of amides is 1. The van der Waals surface area contributed by atoms with Crippen molar-refractivity contribution in [2.24, 2.45) is 0 Å². The maximum atomic E-state index is 12.9. The van der Waals surface area contributed by atoms with Crippen LogP contribution in [0, 0.1) is 5.95 Å². The summed E-state index contributed by atoms with van der Waals surface area (Å²) in [4.78, 5) is 19.6. The Morgan fingerprint density at radius 1 is 1.56 bits per heavy atom. The minimum atomic E-state index is -0.662. The molecule has 0 aliphatic rings. The largest absolute Gasteiger partial charge is 0.341 e. The fraction of sp³-hybridized carbons (Fsp3) is 0.250. The maximum absolute atomic E-state index is 12.9. The molecule has 1 atom stereocenters. The molecule has 94 valence electrons. The lowest BCUT2D eigenvalue weighted by Gasteiger charge is -2.13. The number of carbonyl (C=O) groups excluding carboxylic acids is 1.